The van der Waals surface area contributed by atoms with Crippen LogP contribution in [0.2, 0.25) is 0 Å². The molecule has 0 saturated carbocycles. The lowest BCUT2D eigenvalue weighted by atomic mass is 10.0. The molecule has 1 amide bonds. The Bertz CT molecular complexity index is 473. The highest BCUT2D eigenvalue weighted by molar-refractivity contribution is 5.93. The van der Waals surface area contributed by atoms with Gasteiger partial charge in [0.2, 0.25) is 0 Å². The number of nitrogens with one attached hydrogen (secondary N) is 2. The Morgan fingerprint density at radius 1 is 1.61 bits per heavy atom. The third kappa shape index (κ3) is 3.19. The van der Waals surface area contributed by atoms with Crippen LogP contribution in [-0.4, -0.2) is 34.6 Å². The molecule has 0 aliphatic heterocycles. The second-order valence-corrected chi connectivity index (χ2v) is 4.43. The van der Waals surface area contributed by atoms with Crippen molar-refractivity contribution in [3.63, 3.8) is 0 Å². The molecule has 1 aromatic rings. The Morgan fingerprint density at radius 3 is 2.78 bits per heavy atom. The molecule has 1 rings (SSSR count). The van der Waals surface area contributed by atoms with E-state index in [1.54, 1.807) is 26.4 Å². The van der Waals surface area contributed by atoms with Crippen LogP contribution in [0, 0.1) is 0 Å². The first-order chi connectivity index (χ1) is 8.38. The Kier molecular flexibility index (Phi) is 4.25. The molecule has 0 aromatic carbocycles. The van der Waals surface area contributed by atoms with Gasteiger partial charge in [-0.15, -0.1) is 0 Å². The molecule has 1 heterocycles. The van der Waals surface area contributed by atoms with Gasteiger partial charge >= 0.3 is 0 Å². The van der Waals surface area contributed by atoms with Crippen molar-refractivity contribution in [3.8, 4) is 0 Å². The largest absolute Gasteiger partial charge is 0.349 e. The van der Waals surface area contributed by atoms with Crippen LogP contribution < -0.4 is 10.6 Å². The zero-order chi connectivity index (χ0) is 13.8. The highest BCUT2D eigenvalue weighted by Crippen LogP contribution is 2.12. The summed E-state index contributed by atoms with van der Waals surface area (Å²) < 4.78 is 1.52. The molecular formula is C12H19N5O. The number of carbonyl (C=O) groups is 1. The zero-order valence-corrected chi connectivity index (χ0v) is 11.2. The van der Waals surface area contributed by atoms with Crippen LogP contribution in [0.5, 0.6) is 0 Å². The van der Waals surface area contributed by atoms with Crippen LogP contribution >= 0.6 is 0 Å². The van der Waals surface area contributed by atoms with Gasteiger partial charge in [0.1, 0.15) is 5.69 Å². The number of aromatic nitrogens is 2. The third-order valence-corrected chi connectivity index (χ3v) is 2.60. The first kappa shape index (κ1) is 14.0. The Morgan fingerprint density at radius 2 is 2.28 bits per heavy atom. The average Bonchev–Trinajstić information content (AvgIpc) is 2.71. The second kappa shape index (κ2) is 5.48. The molecular weight excluding hydrogens is 230 g/mol. The highest BCUT2D eigenvalue weighted by Gasteiger charge is 2.25. The summed E-state index contributed by atoms with van der Waals surface area (Å²) in [7, 11) is 3.38. The molecule has 98 valence electrons. The van der Waals surface area contributed by atoms with Gasteiger partial charge in [0.25, 0.3) is 5.91 Å². The third-order valence-electron chi connectivity index (χ3n) is 2.60. The standard InChI is InChI=1S/C12H19N5O/c1-9(14-8-13-4)12(2,3)16-11(18)10-6-7-15-17(10)5/h6-8H,1H2,2-5H3,(H,13,14)(H,16,18). The van der Waals surface area contributed by atoms with Crippen LogP contribution in [0.4, 0.5) is 0 Å². The molecule has 18 heavy (non-hydrogen) atoms. The minimum Gasteiger partial charge on any atom is -0.349 e. The minimum atomic E-state index is -0.595. The summed E-state index contributed by atoms with van der Waals surface area (Å²) in [6, 6.07) is 1.66. The lowest BCUT2D eigenvalue weighted by Gasteiger charge is -2.28. The average molecular weight is 249 g/mol. The van der Waals surface area contributed by atoms with Crippen LogP contribution in [0.3, 0.4) is 0 Å². The van der Waals surface area contributed by atoms with Crippen molar-refractivity contribution in [1.82, 2.24) is 20.4 Å². The van der Waals surface area contributed by atoms with Gasteiger partial charge in [-0.2, -0.15) is 5.10 Å². The molecule has 0 fully saturated rings. The van der Waals surface area contributed by atoms with Crippen molar-refractivity contribution in [2.45, 2.75) is 19.4 Å². The maximum absolute atomic E-state index is 12.0. The van der Waals surface area contributed by atoms with Crippen LogP contribution in [-0.2, 0) is 7.05 Å². The summed E-state index contributed by atoms with van der Waals surface area (Å²) in [6.07, 6.45) is 3.11. The predicted octanol–water partition coefficient (Wildman–Crippen LogP) is 0.690. The fraction of sp³-hybridized carbons (Fsp3) is 0.417. The minimum absolute atomic E-state index is 0.198. The number of carbonyl (C=O) groups excluding carboxylic acids is 1. The summed E-state index contributed by atoms with van der Waals surface area (Å²) in [5.41, 5.74) is 0.561. The quantitative estimate of drug-likeness (QED) is 0.596. The van der Waals surface area contributed by atoms with Gasteiger partial charge in [0.05, 0.1) is 11.9 Å². The van der Waals surface area contributed by atoms with E-state index in [-0.39, 0.29) is 5.91 Å². The summed E-state index contributed by atoms with van der Waals surface area (Å²) in [5, 5.41) is 9.76. The van der Waals surface area contributed by atoms with E-state index in [1.165, 1.54) is 11.0 Å². The molecule has 1 aromatic heterocycles. The monoisotopic (exact) mass is 249 g/mol. The molecule has 0 spiro atoms. The zero-order valence-electron chi connectivity index (χ0n) is 11.2. The summed E-state index contributed by atoms with van der Waals surface area (Å²) >= 11 is 0. The summed E-state index contributed by atoms with van der Waals surface area (Å²) in [5.74, 6) is -0.198. The molecule has 0 bridgehead atoms. The smallest absolute Gasteiger partial charge is 0.270 e. The van der Waals surface area contributed by atoms with Gasteiger partial charge in [-0.1, -0.05) is 6.58 Å². The Hall–Kier alpha value is -2.11. The van der Waals surface area contributed by atoms with E-state index in [2.05, 4.69) is 27.3 Å². The molecule has 0 unspecified atom stereocenters. The number of hydrogen-bond donors (Lipinski definition) is 2. The molecule has 2 N–H and O–H groups in total. The Labute approximate surface area is 107 Å². The topological polar surface area (TPSA) is 71.3 Å². The van der Waals surface area contributed by atoms with E-state index < -0.39 is 5.54 Å². The SMILES string of the molecule is C=C(NC=NC)C(C)(C)NC(=O)c1ccnn1C. The van der Waals surface area contributed by atoms with E-state index in [1.807, 2.05) is 13.8 Å². The molecule has 6 heteroatoms. The summed E-state index contributed by atoms with van der Waals surface area (Å²) in [6.45, 7) is 7.60. The van der Waals surface area contributed by atoms with Crippen molar-refractivity contribution in [1.29, 1.82) is 0 Å². The van der Waals surface area contributed by atoms with Crippen molar-refractivity contribution in [3.05, 3.63) is 30.2 Å². The van der Waals surface area contributed by atoms with Crippen LogP contribution in [0.25, 0.3) is 0 Å². The fourth-order valence-electron chi connectivity index (χ4n) is 1.34. The number of aliphatic imine (C=N–C) groups is 1. The van der Waals surface area contributed by atoms with Gasteiger partial charge in [-0.3, -0.25) is 14.5 Å². The van der Waals surface area contributed by atoms with Gasteiger partial charge in [0.15, 0.2) is 0 Å². The fourth-order valence-corrected chi connectivity index (χ4v) is 1.34. The van der Waals surface area contributed by atoms with Gasteiger partial charge in [-0.25, -0.2) is 0 Å². The number of rotatable bonds is 5. The van der Waals surface area contributed by atoms with Gasteiger partial charge < -0.3 is 10.6 Å². The first-order valence-corrected chi connectivity index (χ1v) is 5.55. The van der Waals surface area contributed by atoms with Gasteiger partial charge in [0, 0.05) is 26.0 Å². The van der Waals surface area contributed by atoms with E-state index in [4.69, 9.17) is 0 Å². The molecule has 0 saturated heterocycles. The number of hydrogen-bond acceptors (Lipinski definition) is 3. The first-order valence-electron chi connectivity index (χ1n) is 5.55. The number of nitrogens with zero attached hydrogens (tertiary/aromatic N) is 3. The summed E-state index contributed by atoms with van der Waals surface area (Å²) in [4.78, 5) is 15.9. The van der Waals surface area contributed by atoms with Gasteiger partial charge in [-0.05, 0) is 19.9 Å². The highest BCUT2D eigenvalue weighted by atomic mass is 16.2. The molecule has 0 atom stereocenters. The van der Waals surface area contributed by atoms with Crippen LogP contribution in [0.1, 0.15) is 24.3 Å². The van der Waals surface area contributed by atoms with Crippen LogP contribution in [0.15, 0.2) is 29.5 Å². The van der Waals surface area contributed by atoms with E-state index >= 15 is 0 Å². The predicted molar refractivity (Wildman–Crippen MR) is 71.4 cm³/mol. The molecule has 0 radical (unpaired) electrons. The van der Waals surface area contributed by atoms with Crippen molar-refractivity contribution >= 4 is 12.2 Å². The van der Waals surface area contributed by atoms with E-state index in [0.717, 1.165) is 0 Å². The van der Waals surface area contributed by atoms with Crippen molar-refractivity contribution in [2.24, 2.45) is 12.0 Å². The van der Waals surface area contributed by atoms with Crippen molar-refractivity contribution < 1.29 is 4.79 Å². The number of aryl methyl sites for hydroxylation is 1. The number of amides is 1. The normalized spacial score (nSPS) is 11.6. The van der Waals surface area contributed by atoms with Crippen molar-refractivity contribution in [2.75, 3.05) is 7.05 Å². The lowest BCUT2D eigenvalue weighted by molar-refractivity contribution is 0.0913. The lowest BCUT2D eigenvalue weighted by Crippen LogP contribution is -2.48. The second-order valence-electron chi connectivity index (χ2n) is 4.43. The Balaban J connectivity index is 2.74. The molecule has 6 nitrogen and oxygen atoms in total. The molecule has 0 aliphatic rings. The maximum Gasteiger partial charge on any atom is 0.270 e. The molecule has 0 aliphatic carbocycles. The van der Waals surface area contributed by atoms with E-state index in [0.29, 0.717) is 11.4 Å². The maximum atomic E-state index is 12.0. The van der Waals surface area contributed by atoms with E-state index in [9.17, 15) is 4.79 Å².